The van der Waals surface area contributed by atoms with Crippen LogP contribution in [0.3, 0.4) is 0 Å². The fourth-order valence-corrected chi connectivity index (χ4v) is 7.03. The molecule has 0 aromatic heterocycles. The molecule has 41 heavy (non-hydrogen) atoms. The third-order valence-electron chi connectivity index (χ3n) is 7.47. The third-order valence-corrected chi connectivity index (χ3v) is 9.83. The minimum atomic E-state index is -4.12. The van der Waals surface area contributed by atoms with Crippen molar-refractivity contribution in [1.29, 1.82) is 0 Å². The van der Waals surface area contributed by atoms with Crippen molar-refractivity contribution in [2.75, 3.05) is 10.8 Å². The van der Waals surface area contributed by atoms with E-state index in [0.717, 1.165) is 36.4 Å². The first-order valence-electron chi connectivity index (χ1n) is 13.7. The van der Waals surface area contributed by atoms with E-state index < -0.39 is 28.5 Å². The fourth-order valence-electron chi connectivity index (χ4n) is 5.06. The van der Waals surface area contributed by atoms with E-state index in [-0.39, 0.29) is 23.4 Å². The van der Waals surface area contributed by atoms with Gasteiger partial charge in [-0.1, -0.05) is 84.9 Å². The van der Waals surface area contributed by atoms with Crippen molar-refractivity contribution < 1.29 is 18.0 Å². The molecular formula is C31H35Cl2N3O4S. The Kier molecular flexibility index (Phi) is 10.3. The number of para-hydroxylation sites is 1. The second-order valence-electron chi connectivity index (χ2n) is 10.4. The molecule has 3 aromatic rings. The van der Waals surface area contributed by atoms with Gasteiger partial charge in [-0.3, -0.25) is 13.9 Å². The van der Waals surface area contributed by atoms with E-state index in [1.807, 2.05) is 0 Å². The summed E-state index contributed by atoms with van der Waals surface area (Å²) in [5.74, 6) is -0.825. The molecule has 0 radical (unpaired) electrons. The van der Waals surface area contributed by atoms with Gasteiger partial charge in [0.15, 0.2) is 0 Å². The average Bonchev–Trinajstić information content (AvgIpc) is 2.96. The Morgan fingerprint density at radius 2 is 1.61 bits per heavy atom. The van der Waals surface area contributed by atoms with Crippen LogP contribution < -0.4 is 9.62 Å². The van der Waals surface area contributed by atoms with Gasteiger partial charge in [-0.2, -0.15) is 0 Å². The first-order valence-corrected chi connectivity index (χ1v) is 15.9. The number of hydrogen-bond acceptors (Lipinski definition) is 4. The van der Waals surface area contributed by atoms with Crippen molar-refractivity contribution in [2.24, 2.45) is 0 Å². The molecule has 1 aliphatic carbocycles. The third kappa shape index (κ3) is 7.61. The van der Waals surface area contributed by atoms with Crippen LogP contribution in [0, 0.1) is 6.92 Å². The van der Waals surface area contributed by atoms with Crippen LogP contribution in [0.15, 0.2) is 77.7 Å². The first kappa shape index (κ1) is 30.9. The van der Waals surface area contributed by atoms with Crippen LogP contribution >= 0.6 is 23.2 Å². The number of aryl methyl sites for hydroxylation is 1. The van der Waals surface area contributed by atoms with Crippen LogP contribution in [-0.4, -0.2) is 43.8 Å². The largest absolute Gasteiger partial charge is 0.352 e. The maximum Gasteiger partial charge on any atom is 0.264 e. The molecule has 1 aliphatic rings. The summed E-state index contributed by atoms with van der Waals surface area (Å²) < 4.78 is 28.9. The van der Waals surface area contributed by atoms with Crippen LogP contribution in [0.2, 0.25) is 10.0 Å². The van der Waals surface area contributed by atoms with Gasteiger partial charge in [-0.15, -0.1) is 0 Å². The van der Waals surface area contributed by atoms with E-state index >= 15 is 0 Å². The van der Waals surface area contributed by atoms with Crippen LogP contribution in [0.5, 0.6) is 0 Å². The Balaban J connectivity index is 1.69. The lowest BCUT2D eigenvalue weighted by molar-refractivity contribution is -0.139. The second kappa shape index (κ2) is 13.7. The summed E-state index contributed by atoms with van der Waals surface area (Å²) in [7, 11) is -4.12. The highest BCUT2D eigenvalue weighted by Crippen LogP contribution is 2.28. The van der Waals surface area contributed by atoms with Crippen molar-refractivity contribution in [1.82, 2.24) is 10.2 Å². The van der Waals surface area contributed by atoms with E-state index in [2.05, 4.69) is 5.32 Å². The maximum atomic E-state index is 14.1. The minimum absolute atomic E-state index is 0.00108. The molecule has 7 nitrogen and oxygen atoms in total. The summed E-state index contributed by atoms with van der Waals surface area (Å²) in [5.41, 5.74) is 1.67. The first-order chi connectivity index (χ1) is 19.6. The number of carbonyl (C=O) groups is 2. The average molecular weight is 617 g/mol. The maximum absolute atomic E-state index is 14.1. The van der Waals surface area contributed by atoms with E-state index in [9.17, 15) is 18.0 Å². The number of amides is 2. The van der Waals surface area contributed by atoms with Gasteiger partial charge in [-0.05, 0) is 68.1 Å². The van der Waals surface area contributed by atoms with Crippen molar-refractivity contribution in [3.63, 3.8) is 0 Å². The Bertz CT molecular complexity index is 1480. The number of nitrogens with zero attached hydrogens (tertiary/aromatic N) is 2. The Hall–Kier alpha value is -3.07. The summed E-state index contributed by atoms with van der Waals surface area (Å²) in [6.45, 7) is 2.94. The molecule has 0 heterocycles. The van der Waals surface area contributed by atoms with Gasteiger partial charge >= 0.3 is 0 Å². The predicted molar refractivity (Wildman–Crippen MR) is 164 cm³/mol. The number of nitrogens with one attached hydrogen (secondary N) is 1. The molecule has 3 aromatic carbocycles. The zero-order chi connectivity index (χ0) is 29.6. The highest BCUT2D eigenvalue weighted by Gasteiger charge is 2.34. The quantitative estimate of drug-likeness (QED) is 0.287. The van der Waals surface area contributed by atoms with E-state index in [4.69, 9.17) is 23.2 Å². The lowest BCUT2D eigenvalue weighted by atomic mass is 9.95. The van der Waals surface area contributed by atoms with Crippen LogP contribution in [-0.2, 0) is 26.2 Å². The highest BCUT2D eigenvalue weighted by atomic mass is 35.5. The molecule has 0 saturated heterocycles. The number of halogens is 2. The van der Waals surface area contributed by atoms with Gasteiger partial charge in [0.05, 0.1) is 10.6 Å². The van der Waals surface area contributed by atoms with E-state index in [1.165, 1.54) is 17.0 Å². The molecule has 2 amide bonds. The van der Waals surface area contributed by atoms with Gasteiger partial charge in [-0.25, -0.2) is 8.42 Å². The lowest BCUT2D eigenvalue weighted by Crippen LogP contribution is -2.53. The number of hydrogen-bond donors (Lipinski definition) is 1. The Labute approximate surface area is 252 Å². The van der Waals surface area contributed by atoms with Crippen molar-refractivity contribution in [3.8, 4) is 0 Å². The molecule has 218 valence electrons. The molecule has 0 bridgehead atoms. The molecule has 4 rings (SSSR count). The Morgan fingerprint density at radius 1 is 0.951 bits per heavy atom. The molecule has 1 fully saturated rings. The topological polar surface area (TPSA) is 86.8 Å². The molecule has 10 heteroatoms. The standard InChI is InChI=1S/C31H35Cl2N3O4S/c1-22-11-9-10-16-29(22)36(41(39,40)27-14-7-4-8-15-27)21-30(37)35(20-24-17-18-25(32)19-28(24)33)23(2)31(38)34-26-12-5-3-6-13-26/h4,7-11,14-19,23,26H,3,5-6,12-13,20-21H2,1-2H3,(H,34,38)/t23-/m1/s1. The van der Waals surface area contributed by atoms with Crippen LogP contribution in [0.4, 0.5) is 5.69 Å². The molecule has 1 atom stereocenters. The second-order valence-corrected chi connectivity index (χ2v) is 13.1. The summed E-state index contributed by atoms with van der Waals surface area (Å²) >= 11 is 12.6. The summed E-state index contributed by atoms with van der Waals surface area (Å²) in [6.07, 6.45) is 5.03. The normalized spacial score (nSPS) is 14.7. The molecule has 0 spiro atoms. The Morgan fingerprint density at radius 3 is 2.27 bits per heavy atom. The number of sulfonamides is 1. The molecular weight excluding hydrogens is 581 g/mol. The fraction of sp³-hybridized carbons (Fsp3) is 0.355. The van der Waals surface area contributed by atoms with E-state index in [1.54, 1.807) is 74.5 Å². The van der Waals surface area contributed by atoms with Gasteiger partial charge in [0.2, 0.25) is 11.8 Å². The summed E-state index contributed by atoms with van der Waals surface area (Å²) in [5, 5.41) is 3.89. The van der Waals surface area contributed by atoms with Crippen molar-refractivity contribution in [2.45, 2.75) is 69.5 Å². The number of anilines is 1. The predicted octanol–water partition coefficient (Wildman–Crippen LogP) is 6.36. The van der Waals surface area contributed by atoms with Crippen molar-refractivity contribution >= 4 is 50.7 Å². The SMILES string of the molecule is Cc1ccccc1N(CC(=O)N(Cc1ccc(Cl)cc1Cl)[C@H](C)C(=O)NC1CCCCC1)S(=O)(=O)c1ccccc1. The summed E-state index contributed by atoms with van der Waals surface area (Å²) in [4.78, 5) is 29.0. The number of benzene rings is 3. The number of rotatable bonds is 10. The van der Waals surface area contributed by atoms with Gasteiger partial charge in [0.25, 0.3) is 10.0 Å². The number of carbonyl (C=O) groups excluding carboxylic acids is 2. The van der Waals surface area contributed by atoms with Crippen LogP contribution in [0.1, 0.15) is 50.2 Å². The molecule has 0 aliphatic heterocycles. The minimum Gasteiger partial charge on any atom is -0.352 e. The van der Waals surface area contributed by atoms with Crippen LogP contribution in [0.25, 0.3) is 0 Å². The lowest BCUT2D eigenvalue weighted by Gasteiger charge is -2.33. The zero-order valence-corrected chi connectivity index (χ0v) is 25.6. The molecule has 0 unspecified atom stereocenters. The van der Waals surface area contributed by atoms with Gasteiger partial charge in [0, 0.05) is 22.6 Å². The smallest absolute Gasteiger partial charge is 0.264 e. The molecule has 1 saturated carbocycles. The highest BCUT2D eigenvalue weighted by molar-refractivity contribution is 7.92. The van der Waals surface area contributed by atoms with Gasteiger partial charge < -0.3 is 10.2 Å². The molecule has 1 N–H and O–H groups in total. The zero-order valence-electron chi connectivity index (χ0n) is 23.2. The van der Waals surface area contributed by atoms with Gasteiger partial charge in [0.1, 0.15) is 12.6 Å². The van der Waals surface area contributed by atoms with Crippen molar-refractivity contribution in [3.05, 3.63) is 94.0 Å². The summed E-state index contributed by atoms with van der Waals surface area (Å²) in [6, 6.07) is 19.1. The van der Waals surface area contributed by atoms with E-state index in [0.29, 0.717) is 26.9 Å². The monoisotopic (exact) mass is 615 g/mol.